The molecule has 0 spiro atoms. The highest BCUT2D eigenvalue weighted by Gasteiger charge is 2.07. The van der Waals surface area contributed by atoms with Gasteiger partial charge in [0.15, 0.2) is 0 Å². The molecule has 0 aliphatic carbocycles. The van der Waals surface area contributed by atoms with E-state index in [0.29, 0.717) is 6.54 Å². The maximum Gasteiger partial charge on any atom is 0.0686 e. The number of aliphatic hydroxyl groups excluding tert-OH is 1. The third-order valence-corrected chi connectivity index (χ3v) is 2.56. The number of hydrogen-bond acceptors (Lipinski definition) is 3. The zero-order valence-corrected chi connectivity index (χ0v) is 9.95. The lowest BCUT2D eigenvalue weighted by molar-refractivity contribution is 0.201. The van der Waals surface area contributed by atoms with Crippen molar-refractivity contribution in [3.63, 3.8) is 0 Å². The largest absolute Gasteiger partial charge is 0.399 e. The summed E-state index contributed by atoms with van der Waals surface area (Å²) < 4.78 is 0.945. The predicted octanol–water partition coefficient (Wildman–Crippen LogP) is 1.85. The molecule has 1 unspecified atom stereocenters. The molecule has 0 saturated heterocycles. The molecule has 4 heteroatoms. The summed E-state index contributed by atoms with van der Waals surface area (Å²) in [5.74, 6) is 0. The Bertz CT molecular complexity index is 315. The Balaban J connectivity index is 2.84. The van der Waals surface area contributed by atoms with Crippen molar-refractivity contribution in [3.05, 3.63) is 22.7 Å². The van der Waals surface area contributed by atoms with Crippen LogP contribution in [0.2, 0.25) is 0 Å². The number of likely N-dealkylation sites (N-methyl/N-ethyl adjacent to an activating group) is 1. The van der Waals surface area contributed by atoms with Crippen molar-refractivity contribution >= 4 is 27.3 Å². The van der Waals surface area contributed by atoms with E-state index in [1.807, 2.05) is 30.1 Å². The second-order valence-corrected chi connectivity index (χ2v) is 4.29. The summed E-state index contributed by atoms with van der Waals surface area (Å²) in [6.45, 7) is 2.37. The van der Waals surface area contributed by atoms with E-state index in [0.717, 1.165) is 15.8 Å². The van der Waals surface area contributed by atoms with E-state index < -0.39 is 0 Å². The minimum absolute atomic E-state index is 0.343. The summed E-state index contributed by atoms with van der Waals surface area (Å²) in [7, 11) is 1.93. The highest BCUT2D eigenvalue weighted by Crippen LogP contribution is 2.27. The van der Waals surface area contributed by atoms with Crippen molar-refractivity contribution in [2.24, 2.45) is 0 Å². The number of nitrogen functional groups attached to an aromatic ring is 1. The average molecular weight is 259 g/mol. The molecule has 0 heterocycles. The molecule has 1 aromatic rings. The first kappa shape index (κ1) is 11.3. The normalized spacial score (nSPS) is 12.6. The average Bonchev–Trinajstić information content (AvgIpc) is 2.01. The van der Waals surface area contributed by atoms with Crippen molar-refractivity contribution in [1.82, 2.24) is 0 Å². The van der Waals surface area contributed by atoms with Crippen molar-refractivity contribution in [1.29, 1.82) is 0 Å². The number of halogens is 1. The minimum atomic E-state index is -0.343. The zero-order valence-electron chi connectivity index (χ0n) is 8.37. The van der Waals surface area contributed by atoms with Crippen molar-refractivity contribution in [3.8, 4) is 0 Å². The summed E-state index contributed by atoms with van der Waals surface area (Å²) >= 11 is 3.43. The summed E-state index contributed by atoms with van der Waals surface area (Å²) in [5.41, 5.74) is 7.39. The molecule has 0 aromatic heterocycles. The Morgan fingerprint density at radius 3 is 2.71 bits per heavy atom. The molecule has 0 aliphatic heterocycles. The van der Waals surface area contributed by atoms with Gasteiger partial charge >= 0.3 is 0 Å². The second-order valence-electron chi connectivity index (χ2n) is 3.44. The molecule has 3 nitrogen and oxygen atoms in total. The van der Waals surface area contributed by atoms with Crippen LogP contribution in [0.15, 0.2) is 22.7 Å². The summed E-state index contributed by atoms with van der Waals surface area (Å²) in [5, 5.41) is 9.25. The number of benzene rings is 1. The van der Waals surface area contributed by atoms with E-state index in [1.54, 1.807) is 6.92 Å². The van der Waals surface area contributed by atoms with Gasteiger partial charge in [-0.05, 0) is 41.1 Å². The predicted molar refractivity (Wildman–Crippen MR) is 63.5 cm³/mol. The van der Waals surface area contributed by atoms with Crippen LogP contribution in [-0.4, -0.2) is 24.8 Å². The first-order valence-corrected chi connectivity index (χ1v) is 5.24. The van der Waals surface area contributed by atoms with Crippen molar-refractivity contribution in [2.75, 3.05) is 24.2 Å². The van der Waals surface area contributed by atoms with Gasteiger partial charge < -0.3 is 15.7 Å². The molecule has 0 fully saturated rings. The maximum absolute atomic E-state index is 9.25. The van der Waals surface area contributed by atoms with E-state index in [4.69, 9.17) is 5.73 Å². The van der Waals surface area contributed by atoms with Crippen LogP contribution in [0.4, 0.5) is 11.4 Å². The molecule has 3 N–H and O–H groups in total. The van der Waals surface area contributed by atoms with Crippen LogP contribution in [0.25, 0.3) is 0 Å². The quantitative estimate of drug-likeness (QED) is 0.814. The molecule has 0 radical (unpaired) electrons. The fourth-order valence-electron chi connectivity index (χ4n) is 1.33. The number of nitrogens with two attached hydrogens (primary N) is 1. The van der Waals surface area contributed by atoms with Gasteiger partial charge in [-0.25, -0.2) is 0 Å². The smallest absolute Gasteiger partial charge is 0.0686 e. The number of aliphatic hydroxyl groups is 1. The lowest BCUT2D eigenvalue weighted by Gasteiger charge is -2.22. The third-order valence-electron chi connectivity index (χ3n) is 1.92. The molecule has 1 rings (SSSR count). The lowest BCUT2D eigenvalue weighted by Crippen LogP contribution is -2.27. The fraction of sp³-hybridized carbons (Fsp3) is 0.400. The highest BCUT2D eigenvalue weighted by molar-refractivity contribution is 9.10. The summed E-state index contributed by atoms with van der Waals surface area (Å²) in [4.78, 5) is 1.98. The Morgan fingerprint density at radius 1 is 1.57 bits per heavy atom. The van der Waals surface area contributed by atoms with E-state index >= 15 is 0 Å². The molecule has 0 saturated carbocycles. The molecular weight excluding hydrogens is 244 g/mol. The molecule has 1 aromatic carbocycles. The van der Waals surface area contributed by atoms with Crippen LogP contribution in [0.3, 0.4) is 0 Å². The molecular formula is C10H15BrN2O. The van der Waals surface area contributed by atoms with E-state index in [2.05, 4.69) is 15.9 Å². The first-order chi connectivity index (χ1) is 6.50. The number of hydrogen-bond donors (Lipinski definition) is 2. The minimum Gasteiger partial charge on any atom is -0.399 e. The Hall–Kier alpha value is -0.740. The van der Waals surface area contributed by atoms with Crippen LogP contribution < -0.4 is 10.6 Å². The highest BCUT2D eigenvalue weighted by atomic mass is 79.9. The summed E-state index contributed by atoms with van der Waals surface area (Å²) in [6, 6.07) is 5.63. The number of nitrogens with zero attached hydrogens (tertiary/aromatic N) is 1. The molecule has 14 heavy (non-hydrogen) atoms. The van der Waals surface area contributed by atoms with E-state index in [-0.39, 0.29) is 6.10 Å². The van der Waals surface area contributed by atoms with Crippen molar-refractivity contribution < 1.29 is 5.11 Å². The first-order valence-electron chi connectivity index (χ1n) is 4.45. The summed E-state index contributed by atoms with van der Waals surface area (Å²) in [6.07, 6.45) is -0.343. The topological polar surface area (TPSA) is 49.5 Å². The van der Waals surface area contributed by atoms with Crippen LogP contribution in [-0.2, 0) is 0 Å². The standard InChI is InChI=1S/C10H15BrN2O/c1-7(14)6-13(2)10-4-3-8(12)5-9(10)11/h3-5,7,14H,6,12H2,1-2H3. The molecule has 78 valence electrons. The van der Waals surface area contributed by atoms with Gasteiger partial charge in [-0.2, -0.15) is 0 Å². The Labute approximate surface area is 92.7 Å². The monoisotopic (exact) mass is 258 g/mol. The van der Waals surface area contributed by atoms with Gasteiger partial charge in [-0.15, -0.1) is 0 Å². The van der Waals surface area contributed by atoms with Crippen molar-refractivity contribution in [2.45, 2.75) is 13.0 Å². The van der Waals surface area contributed by atoms with Gasteiger partial charge in [0.2, 0.25) is 0 Å². The Morgan fingerprint density at radius 2 is 2.21 bits per heavy atom. The third kappa shape index (κ3) is 2.89. The fourth-order valence-corrected chi connectivity index (χ4v) is 2.03. The van der Waals surface area contributed by atoms with Crippen LogP contribution >= 0.6 is 15.9 Å². The molecule has 1 atom stereocenters. The van der Waals surface area contributed by atoms with E-state index in [1.165, 1.54) is 0 Å². The number of anilines is 2. The second kappa shape index (κ2) is 4.66. The van der Waals surface area contributed by atoms with E-state index in [9.17, 15) is 5.11 Å². The Kier molecular flexibility index (Phi) is 3.77. The molecule has 0 amide bonds. The van der Waals surface area contributed by atoms with Gasteiger partial charge in [-0.3, -0.25) is 0 Å². The van der Waals surface area contributed by atoms with Gasteiger partial charge in [-0.1, -0.05) is 0 Å². The van der Waals surface area contributed by atoms with Crippen LogP contribution in [0, 0.1) is 0 Å². The molecule has 0 bridgehead atoms. The SMILES string of the molecule is CC(O)CN(C)c1ccc(N)cc1Br. The van der Waals surface area contributed by atoms with Crippen LogP contribution in [0.1, 0.15) is 6.92 Å². The zero-order chi connectivity index (χ0) is 10.7. The molecule has 0 aliphatic rings. The lowest BCUT2D eigenvalue weighted by atomic mass is 10.2. The van der Waals surface area contributed by atoms with Gasteiger partial charge in [0, 0.05) is 23.8 Å². The van der Waals surface area contributed by atoms with Gasteiger partial charge in [0.1, 0.15) is 0 Å². The number of rotatable bonds is 3. The van der Waals surface area contributed by atoms with Crippen LogP contribution in [0.5, 0.6) is 0 Å². The van der Waals surface area contributed by atoms with Gasteiger partial charge in [0.05, 0.1) is 11.8 Å². The maximum atomic E-state index is 9.25. The van der Waals surface area contributed by atoms with Gasteiger partial charge in [0.25, 0.3) is 0 Å².